The molecule has 1 aliphatic rings. The van der Waals surface area contributed by atoms with Crippen molar-refractivity contribution in [3.05, 3.63) is 29.5 Å². The van der Waals surface area contributed by atoms with Crippen LogP contribution in [0.5, 0.6) is 5.75 Å². The van der Waals surface area contributed by atoms with Gasteiger partial charge in [0.15, 0.2) is 0 Å². The Morgan fingerprint density at radius 1 is 1.21 bits per heavy atom. The molecule has 0 atom stereocenters. The summed E-state index contributed by atoms with van der Waals surface area (Å²) in [4.78, 5) is 0. The molecule has 3 rings (SSSR count). The van der Waals surface area contributed by atoms with Crippen LogP contribution in [-0.2, 0) is 7.05 Å². The van der Waals surface area contributed by atoms with Gasteiger partial charge >= 0.3 is 0 Å². The lowest BCUT2D eigenvalue weighted by molar-refractivity contribution is 0.416. The number of rotatable bonds is 2. The van der Waals surface area contributed by atoms with Crippen LogP contribution in [0.15, 0.2) is 18.2 Å². The van der Waals surface area contributed by atoms with Crippen molar-refractivity contribution < 1.29 is 4.74 Å². The summed E-state index contributed by atoms with van der Waals surface area (Å²) in [5.74, 6) is 1.65. The minimum absolute atomic E-state index is 0.670. The average molecular weight is 258 g/mol. The van der Waals surface area contributed by atoms with E-state index in [1.165, 1.54) is 35.0 Å². The summed E-state index contributed by atoms with van der Waals surface area (Å²) in [6, 6.07) is 6.72. The van der Waals surface area contributed by atoms with Crippen molar-refractivity contribution in [2.24, 2.45) is 7.05 Å². The minimum Gasteiger partial charge on any atom is -0.495 e. The Morgan fingerprint density at radius 2 is 1.95 bits per heavy atom. The van der Waals surface area contributed by atoms with E-state index >= 15 is 0 Å². The van der Waals surface area contributed by atoms with Crippen LogP contribution in [0.3, 0.4) is 0 Å². The van der Waals surface area contributed by atoms with E-state index in [0.29, 0.717) is 5.92 Å². The summed E-state index contributed by atoms with van der Waals surface area (Å²) >= 11 is 0. The van der Waals surface area contributed by atoms with E-state index in [9.17, 15) is 0 Å². The summed E-state index contributed by atoms with van der Waals surface area (Å²) in [5.41, 5.74) is 3.92. The summed E-state index contributed by atoms with van der Waals surface area (Å²) in [5, 5.41) is 4.73. The minimum atomic E-state index is 0.670. The highest BCUT2D eigenvalue weighted by molar-refractivity contribution is 5.88. The van der Waals surface area contributed by atoms with Crippen LogP contribution in [0, 0.1) is 6.92 Å². The first-order valence-corrected chi connectivity index (χ1v) is 7.05. The predicted octanol–water partition coefficient (Wildman–Crippen LogP) is 2.96. The molecule has 0 spiro atoms. The molecule has 19 heavy (non-hydrogen) atoms. The first-order valence-electron chi connectivity index (χ1n) is 7.05. The zero-order valence-corrected chi connectivity index (χ0v) is 12.0. The van der Waals surface area contributed by atoms with Gasteiger partial charge in [0.25, 0.3) is 0 Å². The molecule has 0 saturated carbocycles. The number of hydrogen-bond donors (Lipinski definition) is 1. The van der Waals surface area contributed by atoms with Crippen molar-refractivity contribution in [1.29, 1.82) is 0 Å². The van der Waals surface area contributed by atoms with E-state index in [-0.39, 0.29) is 0 Å². The number of methoxy groups -OCH3 is 1. The van der Waals surface area contributed by atoms with Crippen LogP contribution in [0.1, 0.15) is 30.0 Å². The normalized spacial score (nSPS) is 17.0. The summed E-state index contributed by atoms with van der Waals surface area (Å²) in [6.45, 7) is 4.38. The van der Waals surface area contributed by atoms with Crippen LogP contribution in [0.2, 0.25) is 0 Å². The zero-order chi connectivity index (χ0) is 13.4. The number of piperidine rings is 1. The number of hydrogen-bond acceptors (Lipinski definition) is 2. The largest absolute Gasteiger partial charge is 0.495 e. The number of ether oxygens (including phenoxy) is 1. The molecule has 0 amide bonds. The Morgan fingerprint density at radius 3 is 2.63 bits per heavy atom. The molecule has 1 aromatic heterocycles. The standard InChI is InChI=1S/C16H22N2O/c1-11-8-13-10-14(12-4-6-17-7-5-12)18(2)16(13)15(9-11)19-3/h8-10,12,17H,4-7H2,1-3H3. The SMILES string of the molecule is COc1cc(C)cc2cc(C3CCNCC3)n(C)c12. The molecule has 0 unspecified atom stereocenters. The summed E-state index contributed by atoms with van der Waals surface area (Å²) in [7, 11) is 3.92. The quantitative estimate of drug-likeness (QED) is 0.896. The van der Waals surface area contributed by atoms with E-state index in [2.05, 4.69) is 42.1 Å². The molecule has 1 N–H and O–H groups in total. The van der Waals surface area contributed by atoms with Crippen molar-refractivity contribution >= 4 is 10.9 Å². The molecule has 0 radical (unpaired) electrons. The van der Waals surface area contributed by atoms with Crippen molar-refractivity contribution in [2.45, 2.75) is 25.7 Å². The van der Waals surface area contributed by atoms with Gasteiger partial charge in [-0.3, -0.25) is 0 Å². The van der Waals surface area contributed by atoms with Gasteiger partial charge in [-0.1, -0.05) is 0 Å². The molecule has 1 aliphatic heterocycles. The van der Waals surface area contributed by atoms with Gasteiger partial charge in [0.05, 0.1) is 12.6 Å². The van der Waals surface area contributed by atoms with Crippen LogP contribution in [-0.4, -0.2) is 24.8 Å². The third-order valence-electron chi connectivity index (χ3n) is 4.25. The second-order valence-electron chi connectivity index (χ2n) is 5.56. The van der Waals surface area contributed by atoms with Gasteiger partial charge in [-0.25, -0.2) is 0 Å². The fraction of sp³-hybridized carbons (Fsp3) is 0.500. The molecule has 0 aliphatic carbocycles. The van der Waals surface area contributed by atoms with Gasteiger partial charge < -0.3 is 14.6 Å². The number of fused-ring (bicyclic) bond motifs is 1. The molecule has 1 saturated heterocycles. The molecule has 2 aromatic rings. The first kappa shape index (κ1) is 12.5. The fourth-order valence-corrected chi connectivity index (χ4v) is 3.29. The highest BCUT2D eigenvalue weighted by Crippen LogP contribution is 2.34. The Labute approximate surface area is 114 Å². The predicted molar refractivity (Wildman–Crippen MR) is 79.1 cm³/mol. The van der Waals surface area contributed by atoms with Crippen LogP contribution in [0.25, 0.3) is 10.9 Å². The lowest BCUT2D eigenvalue weighted by Crippen LogP contribution is -2.27. The molecule has 1 aromatic carbocycles. The summed E-state index contributed by atoms with van der Waals surface area (Å²) < 4.78 is 7.88. The van der Waals surface area contributed by atoms with Crippen molar-refractivity contribution in [1.82, 2.24) is 9.88 Å². The Balaban J connectivity index is 2.13. The van der Waals surface area contributed by atoms with E-state index in [4.69, 9.17) is 4.74 Å². The van der Waals surface area contributed by atoms with E-state index in [0.717, 1.165) is 18.8 Å². The molecular formula is C16H22N2O. The van der Waals surface area contributed by atoms with Gasteiger partial charge in [-0.15, -0.1) is 0 Å². The second kappa shape index (κ2) is 4.89. The maximum Gasteiger partial charge on any atom is 0.143 e. The van der Waals surface area contributed by atoms with Crippen LogP contribution in [0.4, 0.5) is 0 Å². The second-order valence-corrected chi connectivity index (χ2v) is 5.56. The number of nitrogens with one attached hydrogen (secondary N) is 1. The third kappa shape index (κ3) is 2.12. The molecular weight excluding hydrogens is 236 g/mol. The highest BCUT2D eigenvalue weighted by atomic mass is 16.5. The number of benzene rings is 1. The van der Waals surface area contributed by atoms with Crippen molar-refractivity contribution in [3.63, 3.8) is 0 Å². The van der Waals surface area contributed by atoms with Gasteiger partial charge in [-0.05, 0) is 56.6 Å². The van der Waals surface area contributed by atoms with Gasteiger partial charge in [0, 0.05) is 24.0 Å². The summed E-state index contributed by atoms with van der Waals surface area (Å²) in [6.07, 6.45) is 2.46. The van der Waals surface area contributed by atoms with E-state index in [1.807, 2.05) is 0 Å². The van der Waals surface area contributed by atoms with Gasteiger partial charge in [0.1, 0.15) is 5.75 Å². The number of aryl methyl sites for hydroxylation is 2. The zero-order valence-electron chi connectivity index (χ0n) is 12.0. The monoisotopic (exact) mass is 258 g/mol. The number of nitrogens with zero attached hydrogens (tertiary/aromatic N) is 1. The highest BCUT2D eigenvalue weighted by Gasteiger charge is 2.20. The molecule has 0 bridgehead atoms. The maximum atomic E-state index is 5.56. The maximum absolute atomic E-state index is 5.56. The van der Waals surface area contributed by atoms with E-state index < -0.39 is 0 Å². The Hall–Kier alpha value is -1.48. The molecule has 3 heteroatoms. The smallest absolute Gasteiger partial charge is 0.143 e. The molecule has 2 heterocycles. The van der Waals surface area contributed by atoms with Gasteiger partial charge in [0.2, 0.25) is 0 Å². The van der Waals surface area contributed by atoms with Crippen LogP contribution < -0.4 is 10.1 Å². The Kier molecular flexibility index (Phi) is 3.23. The third-order valence-corrected chi connectivity index (χ3v) is 4.25. The van der Waals surface area contributed by atoms with Gasteiger partial charge in [-0.2, -0.15) is 0 Å². The first-order chi connectivity index (χ1) is 9.20. The molecule has 1 fully saturated rings. The van der Waals surface area contributed by atoms with Crippen molar-refractivity contribution in [2.75, 3.05) is 20.2 Å². The lowest BCUT2D eigenvalue weighted by Gasteiger charge is -2.23. The Bertz CT molecular complexity index is 594. The lowest BCUT2D eigenvalue weighted by atomic mass is 9.94. The average Bonchev–Trinajstić information content (AvgIpc) is 2.76. The molecule has 3 nitrogen and oxygen atoms in total. The van der Waals surface area contributed by atoms with Crippen LogP contribution >= 0.6 is 0 Å². The van der Waals surface area contributed by atoms with Crippen molar-refractivity contribution in [3.8, 4) is 5.75 Å². The number of aromatic nitrogens is 1. The molecule has 102 valence electrons. The fourth-order valence-electron chi connectivity index (χ4n) is 3.29. The topological polar surface area (TPSA) is 26.2 Å². The van der Waals surface area contributed by atoms with E-state index in [1.54, 1.807) is 7.11 Å².